The van der Waals surface area contributed by atoms with Crippen molar-refractivity contribution in [2.75, 3.05) is 34.3 Å². The minimum atomic E-state index is -0.635. The summed E-state index contributed by atoms with van der Waals surface area (Å²) in [6.07, 6.45) is 11.4. The molecule has 1 atom stereocenters. The lowest BCUT2D eigenvalue weighted by Crippen LogP contribution is -2.39. The summed E-state index contributed by atoms with van der Waals surface area (Å²) in [5.74, 6) is 5.97. The van der Waals surface area contributed by atoms with E-state index in [2.05, 4.69) is 46.4 Å². The summed E-state index contributed by atoms with van der Waals surface area (Å²) in [5.41, 5.74) is 7.06. The third-order valence-electron chi connectivity index (χ3n) is 9.96. The molecule has 8 heteroatoms. The van der Waals surface area contributed by atoms with E-state index in [-0.39, 0.29) is 11.8 Å². The van der Waals surface area contributed by atoms with Crippen molar-refractivity contribution in [2.24, 2.45) is 5.92 Å². The second-order valence-electron chi connectivity index (χ2n) is 12.8. The first kappa shape index (κ1) is 30.7. The summed E-state index contributed by atoms with van der Waals surface area (Å²) in [4.78, 5) is 29.6. The Morgan fingerprint density at radius 1 is 1.05 bits per heavy atom. The number of amides is 2. The zero-order chi connectivity index (χ0) is 31.0. The Bertz CT molecular complexity index is 1620. The van der Waals surface area contributed by atoms with E-state index in [9.17, 15) is 9.59 Å². The van der Waals surface area contributed by atoms with Gasteiger partial charge in [-0.1, -0.05) is 38.7 Å². The molecular formula is C36H46N4O3S. The van der Waals surface area contributed by atoms with Gasteiger partial charge in [0.1, 0.15) is 5.75 Å². The van der Waals surface area contributed by atoms with E-state index >= 15 is 0 Å². The molecule has 44 heavy (non-hydrogen) atoms. The molecule has 3 aromatic rings. The number of piperidine rings is 1. The summed E-state index contributed by atoms with van der Waals surface area (Å²) in [6.45, 7) is 4.31. The molecule has 0 bridgehead atoms. The van der Waals surface area contributed by atoms with Crippen LogP contribution in [0.15, 0.2) is 42.0 Å². The maximum Gasteiger partial charge on any atom is 0.261 e. The molecule has 2 aromatic carbocycles. The number of hydrogen-bond donors (Lipinski definition) is 1. The Morgan fingerprint density at radius 2 is 1.80 bits per heavy atom. The number of methoxy groups -OCH3 is 1. The summed E-state index contributed by atoms with van der Waals surface area (Å²) in [6, 6.07) is 12.4. The van der Waals surface area contributed by atoms with Crippen LogP contribution in [0.25, 0.3) is 28.2 Å². The SMILES string of the molecule is C=S(NC(=O)c1ccc2c(C3CCCCC3)c3n(c2c1)CC(C(=O)N1CCC(CC)CC1)=Cc1cc(OC)ccc1-3)N(C)C. The van der Waals surface area contributed by atoms with E-state index in [0.29, 0.717) is 23.9 Å². The van der Waals surface area contributed by atoms with Crippen molar-refractivity contribution < 1.29 is 14.3 Å². The molecular weight excluding hydrogens is 568 g/mol. The number of benzene rings is 2. The van der Waals surface area contributed by atoms with E-state index in [1.165, 1.54) is 42.3 Å². The second-order valence-corrected chi connectivity index (χ2v) is 14.5. The highest BCUT2D eigenvalue weighted by Gasteiger charge is 2.32. The molecule has 0 radical (unpaired) electrons. The van der Waals surface area contributed by atoms with E-state index in [1.807, 2.05) is 41.5 Å². The number of fused-ring (bicyclic) bond motifs is 5. The number of hydrogen-bond acceptors (Lipinski definition) is 4. The first-order valence-electron chi connectivity index (χ1n) is 16.2. The van der Waals surface area contributed by atoms with Gasteiger partial charge in [0.25, 0.3) is 11.8 Å². The first-order valence-corrected chi connectivity index (χ1v) is 17.5. The standard InChI is InChI=1S/C36H46N4O3S/c1-6-24-16-18-39(19-17-24)36(42)28-20-27-21-29(43-4)13-15-30(27)34-33(25-10-8-7-9-11-25)31-14-12-26(22-32(31)40(34)23-28)35(41)37-44(5)38(2)3/h12-15,20-22,24-25H,5-11,16-19,23H2,1-4H3,(H,37,41). The van der Waals surface area contributed by atoms with Gasteiger partial charge in [0.2, 0.25) is 0 Å². The largest absolute Gasteiger partial charge is 0.497 e. The summed E-state index contributed by atoms with van der Waals surface area (Å²) >= 11 is 0. The summed E-state index contributed by atoms with van der Waals surface area (Å²) in [5, 5.41) is 1.18. The van der Waals surface area contributed by atoms with Gasteiger partial charge in [-0.25, -0.2) is 4.31 Å². The number of carbonyl (C=O) groups is 2. The highest BCUT2D eigenvalue weighted by Crippen LogP contribution is 2.47. The van der Waals surface area contributed by atoms with Gasteiger partial charge >= 0.3 is 0 Å². The van der Waals surface area contributed by atoms with Crippen molar-refractivity contribution in [3.05, 3.63) is 58.7 Å². The molecule has 1 N–H and O–H groups in total. The molecule has 7 nitrogen and oxygen atoms in total. The second kappa shape index (κ2) is 12.9. The lowest BCUT2D eigenvalue weighted by molar-refractivity contribution is -0.128. The molecule has 2 fully saturated rings. The number of aromatic nitrogens is 1. The Labute approximate surface area is 264 Å². The van der Waals surface area contributed by atoms with Crippen molar-refractivity contribution in [3.63, 3.8) is 0 Å². The minimum absolute atomic E-state index is 0.114. The monoisotopic (exact) mass is 614 g/mol. The molecule has 1 aromatic heterocycles. The number of rotatable bonds is 7. The topological polar surface area (TPSA) is 66.8 Å². The number of likely N-dealkylation sites (tertiary alicyclic amines) is 1. The lowest BCUT2D eigenvalue weighted by atomic mass is 9.81. The minimum Gasteiger partial charge on any atom is -0.497 e. The van der Waals surface area contributed by atoms with Crippen LogP contribution in [0.3, 0.4) is 0 Å². The highest BCUT2D eigenvalue weighted by molar-refractivity contribution is 8.10. The third kappa shape index (κ3) is 5.86. The normalized spacial score (nSPS) is 18.4. The van der Waals surface area contributed by atoms with Crippen LogP contribution in [-0.2, 0) is 11.3 Å². The fourth-order valence-corrected chi connectivity index (χ4v) is 7.83. The molecule has 6 rings (SSSR count). The van der Waals surface area contributed by atoms with Gasteiger partial charge in [0, 0.05) is 40.7 Å². The number of carbonyl (C=O) groups excluding carboxylic acids is 2. The van der Waals surface area contributed by atoms with Gasteiger partial charge in [-0.05, 0) is 116 Å². The average molecular weight is 615 g/mol. The van der Waals surface area contributed by atoms with Crippen molar-refractivity contribution >= 4 is 45.5 Å². The first-order chi connectivity index (χ1) is 21.3. The van der Waals surface area contributed by atoms with Crippen LogP contribution in [0.5, 0.6) is 5.75 Å². The van der Waals surface area contributed by atoms with Gasteiger partial charge in [0.15, 0.2) is 0 Å². The van der Waals surface area contributed by atoms with Gasteiger partial charge in [-0.3, -0.25) is 14.3 Å². The zero-order valence-electron chi connectivity index (χ0n) is 26.7. The van der Waals surface area contributed by atoms with Crippen LogP contribution in [0.4, 0.5) is 0 Å². The van der Waals surface area contributed by atoms with Crippen LogP contribution < -0.4 is 9.46 Å². The van der Waals surface area contributed by atoms with Gasteiger partial charge < -0.3 is 14.2 Å². The van der Waals surface area contributed by atoms with Crippen molar-refractivity contribution in [1.82, 2.24) is 18.5 Å². The average Bonchev–Trinajstić information content (AvgIpc) is 3.26. The molecule has 1 aliphatic carbocycles. The fourth-order valence-electron chi connectivity index (χ4n) is 7.32. The number of nitrogens with one attached hydrogen (secondary N) is 1. The molecule has 234 valence electrons. The molecule has 0 spiro atoms. The van der Waals surface area contributed by atoms with Crippen LogP contribution in [0, 0.1) is 5.92 Å². The lowest BCUT2D eigenvalue weighted by Gasteiger charge is -2.32. The smallest absolute Gasteiger partial charge is 0.261 e. The van der Waals surface area contributed by atoms with Gasteiger partial charge in [0.05, 0.1) is 19.3 Å². The zero-order valence-corrected chi connectivity index (χ0v) is 27.5. The van der Waals surface area contributed by atoms with Gasteiger partial charge in [-0.15, -0.1) is 0 Å². The molecule has 1 saturated carbocycles. The van der Waals surface area contributed by atoms with Gasteiger partial charge in [-0.2, -0.15) is 0 Å². The number of nitrogens with zero attached hydrogens (tertiary/aromatic N) is 3. The van der Waals surface area contributed by atoms with Crippen LogP contribution >= 0.6 is 10.9 Å². The Hall–Kier alpha value is -3.36. The number of ether oxygens (including phenoxy) is 1. The maximum absolute atomic E-state index is 14.2. The molecule has 1 saturated heterocycles. The van der Waals surface area contributed by atoms with E-state index < -0.39 is 10.9 Å². The van der Waals surface area contributed by atoms with Crippen LogP contribution in [0.2, 0.25) is 0 Å². The quantitative estimate of drug-likeness (QED) is 0.285. The predicted octanol–water partition coefficient (Wildman–Crippen LogP) is 7.23. The highest BCUT2D eigenvalue weighted by atomic mass is 32.2. The van der Waals surface area contributed by atoms with Crippen molar-refractivity contribution in [3.8, 4) is 17.0 Å². The Morgan fingerprint density at radius 3 is 2.48 bits per heavy atom. The van der Waals surface area contributed by atoms with E-state index in [4.69, 9.17) is 4.74 Å². The fraction of sp³-hybridized carbons (Fsp3) is 0.472. The Balaban J connectivity index is 1.52. The molecule has 2 aliphatic heterocycles. The van der Waals surface area contributed by atoms with Crippen molar-refractivity contribution in [1.29, 1.82) is 0 Å². The predicted molar refractivity (Wildman–Crippen MR) is 183 cm³/mol. The molecule has 1 unspecified atom stereocenters. The molecule has 3 aliphatic rings. The summed E-state index contributed by atoms with van der Waals surface area (Å²) in [7, 11) is 4.87. The Kier molecular flexibility index (Phi) is 9.01. The van der Waals surface area contributed by atoms with E-state index in [1.54, 1.807) is 7.11 Å². The van der Waals surface area contributed by atoms with E-state index in [0.717, 1.165) is 66.7 Å². The van der Waals surface area contributed by atoms with Crippen LogP contribution in [0.1, 0.15) is 85.7 Å². The third-order valence-corrected chi connectivity index (χ3v) is 11.3. The van der Waals surface area contributed by atoms with Crippen LogP contribution in [-0.4, -0.2) is 65.8 Å². The molecule has 2 amide bonds. The summed E-state index contributed by atoms with van der Waals surface area (Å²) < 4.78 is 12.9. The maximum atomic E-state index is 14.2. The molecule has 3 heterocycles. The van der Waals surface area contributed by atoms with Crippen molar-refractivity contribution in [2.45, 2.75) is 70.8 Å².